The molecule has 0 bridgehead atoms. The molecule has 11 heteroatoms. The zero-order valence-electron chi connectivity index (χ0n) is 18.5. The number of carbonyl (C=O) groups excluding carboxylic acids is 2. The lowest BCUT2D eigenvalue weighted by Crippen LogP contribution is -2.45. The predicted octanol–water partition coefficient (Wildman–Crippen LogP) is 5.65. The molecule has 1 N–H and O–H groups in total. The van der Waals surface area contributed by atoms with Crippen LogP contribution >= 0.6 is 0 Å². The first-order chi connectivity index (χ1) is 17.1. The average molecular weight is 497 g/mol. The Balaban J connectivity index is 1.68. The molecule has 0 radical (unpaired) electrons. The van der Waals surface area contributed by atoms with Crippen molar-refractivity contribution in [3.8, 4) is 0 Å². The minimum absolute atomic E-state index is 0.000696. The van der Waals surface area contributed by atoms with Crippen LogP contribution in [0.5, 0.6) is 0 Å². The van der Waals surface area contributed by atoms with Crippen LogP contribution < -0.4 is 10.2 Å². The van der Waals surface area contributed by atoms with E-state index in [0.29, 0.717) is 16.2 Å². The largest absolute Gasteiger partial charge is 0.471 e. The van der Waals surface area contributed by atoms with Crippen LogP contribution in [0.15, 0.2) is 82.6 Å². The van der Waals surface area contributed by atoms with Crippen molar-refractivity contribution in [1.29, 1.82) is 0 Å². The number of benzene rings is 2. The minimum Gasteiger partial charge on any atom is -0.467 e. The minimum atomic E-state index is -5.22. The number of furan rings is 1. The lowest BCUT2D eigenvalue weighted by atomic mass is 9.79. The lowest BCUT2D eigenvalue weighted by molar-refractivity contribution is -0.384. The van der Waals surface area contributed by atoms with Crippen LogP contribution in [-0.2, 0) is 9.59 Å². The molecule has 5 rings (SSSR count). The smallest absolute Gasteiger partial charge is 0.467 e. The number of Topliss-reactive ketones (excluding diaryl/α,β-unsaturated/α-hetero) is 1. The summed E-state index contributed by atoms with van der Waals surface area (Å²) in [5.41, 5.74) is 0.893. The summed E-state index contributed by atoms with van der Waals surface area (Å²) in [6, 6.07) is 13.3. The second kappa shape index (κ2) is 8.67. The molecule has 0 fully saturated rings. The van der Waals surface area contributed by atoms with Gasteiger partial charge in [-0.15, -0.1) is 0 Å². The molecule has 2 aliphatic rings. The van der Waals surface area contributed by atoms with Crippen LogP contribution in [0, 0.1) is 10.1 Å². The highest BCUT2D eigenvalue weighted by Gasteiger charge is 2.50. The summed E-state index contributed by atoms with van der Waals surface area (Å²) in [4.78, 5) is 37.6. The number of carbonyl (C=O) groups is 2. The highest BCUT2D eigenvalue weighted by Crippen LogP contribution is 2.48. The van der Waals surface area contributed by atoms with E-state index in [1.807, 2.05) is 0 Å². The molecule has 1 aromatic heterocycles. The molecule has 0 unspecified atom stereocenters. The molecule has 2 heterocycles. The van der Waals surface area contributed by atoms with Crippen molar-refractivity contribution >= 4 is 28.8 Å². The number of fused-ring (bicyclic) bond motifs is 1. The van der Waals surface area contributed by atoms with Crippen molar-refractivity contribution in [1.82, 2.24) is 0 Å². The maximum absolute atomic E-state index is 13.8. The molecule has 0 spiro atoms. The lowest BCUT2D eigenvalue weighted by Gasteiger charge is -2.33. The normalized spacial score (nSPS) is 19.8. The zero-order valence-corrected chi connectivity index (χ0v) is 18.5. The third-order valence-electron chi connectivity index (χ3n) is 6.32. The topological polar surface area (TPSA) is 106 Å². The van der Waals surface area contributed by atoms with Gasteiger partial charge >= 0.3 is 12.1 Å². The number of halogens is 3. The molecule has 184 valence electrons. The van der Waals surface area contributed by atoms with E-state index in [1.165, 1.54) is 54.8 Å². The number of nitrogens with one attached hydrogen (secondary N) is 1. The Bertz CT molecular complexity index is 1400. The SMILES string of the molecule is O=C1C[C@H](c2cccc([N+](=O)[O-])c2)CC2=C1[C@@H](c1ccco1)N(C(=O)C(F)(F)F)c1ccccc1N2. The van der Waals surface area contributed by atoms with Crippen LogP contribution in [0.4, 0.5) is 30.2 Å². The number of alkyl halides is 3. The molecule has 0 saturated carbocycles. The van der Waals surface area contributed by atoms with E-state index >= 15 is 0 Å². The fourth-order valence-electron chi connectivity index (χ4n) is 4.79. The van der Waals surface area contributed by atoms with Crippen LogP contribution in [0.3, 0.4) is 0 Å². The number of hydrogen-bond acceptors (Lipinski definition) is 6. The van der Waals surface area contributed by atoms with E-state index in [4.69, 9.17) is 4.42 Å². The van der Waals surface area contributed by atoms with Gasteiger partial charge in [-0.3, -0.25) is 24.6 Å². The van der Waals surface area contributed by atoms with E-state index in [9.17, 15) is 32.9 Å². The predicted molar refractivity (Wildman–Crippen MR) is 122 cm³/mol. The molecule has 2 atom stereocenters. The van der Waals surface area contributed by atoms with Crippen molar-refractivity contribution in [2.24, 2.45) is 0 Å². The molecule has 1 aliphatic heterocycles. The number of amides is 1. The molecule has 0 saturated heterocycles. The Morgan fingerprint density at radius 3 is 2.56 bits per heavy atom. The van der Waals surface area contributed by atoms with Gasteiger partial charge < -0.3 is 9.73 Å². The number of ketones is 1. The first-order valence-corrected chi connectivity index (χ1v) is 11.0. The maximum Gasteiger partial charge on any atom is 0.471 e. The van der Waals surface area contributed by atoms with Gasteiger partial charge in [-0.25, -0.2) is 0 Å². The summed E-state index contributed by atoms with van der Waals surface area (Å²) >= 11 is 0. The van der Waals surface area contributed by atoms with Crippen LogP contribution in [0.2, 0.25) is 0 Å². The van der Waals surface area contributed by atoms with Crippen molar-refractivity contribution in [3.05, 3.63) is 99.6 Å². The third kappa shape index (κ3) is 4.02. The Morgan fingerprint density at radius 2 is 1.86 bits per heavy atom. The van der Waals surface area contributed by atoms with Gasteiger partial charge in [0.25, 0.3) is 5.69 Å². The summed E-state index contributed by atoms with van der Waals surface area (Å²) in [6.07, 6.45) is -3.88. The molecule has 3 aromatic rings. The van der Waals surface area contributed by atoms with E-state index < -0.39 is 34.7 Å². The number of hydrogen-bond donors (Lipinski definition) is 1. The van der Waals surface area contributed by atoms with Gasteiger partial charge in [-0.1, -0.05) is 24.3 Å². The standard InChI is InChI=1S/C25H18F3N3O5/c26-25(27,28)24(33)30-19-8-2-1-7-17(19)29-18-12-15(14-5-3-6-16(11-14)31(34)35)13-20(32)22(18)23(30)21-9-4-10-36-21/h1-11,15,23,29H,12-13H2/t15-,23-/m1/s1. The molecule has 1 aliphatic carbocycles. The number of rotatable bonds is 3. The van der Waals surface area contributed by atoms with E-state index in [1.54, 1.807) is 12.1 Å². The fraction of sp³-hybridized carbons (Fsp3) is 0.200. The summed E-state index contributed by atoms with van der Waals surface area (Å²) in [6.45, 7) is 0. The van der Waals surface area contributed by atoms with E-state index in [-0.39, 0.29) is 41.2 Å². The monoisotopic (exact) mass is 497 g/mol. The van der Waals surface area contributed by atoms with Gasteiger partial charge in [0.1, 0.15) is 11.8 Å². The quantitative estimate of drug-likeness (QED) is 0.370. The Hall–Kier alpha value is -4.41. The van der Waals surface area contributed by atoms with Crippen molar-refractivity contribution in [2.75, 3.05) is 10.2 Å². The van der Waals surface area contributed by atoms with Gasteiger partial charge in [0, 0.05) is 29.8 Å². The Morgan fingerprint density at radius 1 is 1.08 bits per heavy atom. The molecule has 36 heavy (non-hydrogen) atoms. The number of nitro groups is 1. The van der Waals surface area contributed by atoms with Gasteiger partial charge in [-0.2, -0.15) is 13.2 Å². The first-order valence-electron chi connectivity index (χ1n) is 11.0. The highest BCUT2D eigenvalue weighted by molar-refractivity contribution is 6.07. The maximum atomic E-state index is 13.8. The Kier molecular flexibility index (Phi) is 5.62. The zero-order chi connectivity index (χ0) is 25.6. The van der Waals surface area contributed by atoms with Gasteiger partial charge in [0.2, 0.25) is 0 Å². The average Bonchev–Trinajstić information content (AvgIpc) is 3.32. The van der Waals surface area contributed by atoms with Crippen LogP contribution in [0.1, 0.15) is 36.1 Å². The summed E-state index contributed by atoms with van der Waals surface area (Å²) in [7, 11) is 0. The molecule has 1 amide bonds. The first kappa shape index (κ1) is 23.3. The number of non-ortho nitro benzene ring substituents is 1. The number of anilines is 2. The van der Waals surface area contributed by atoms with Crippen LogP contribution in [0.25, 0.3) is 0 Å². The Labute approximate surface area is 202 Å². The summed E-state index contributed by atoms with van der Waals surface area (Å²) < 4.78 is 46.8. The number of nitro benzene ring substituents is 1. The van der Waals surface area contributed by atoms with Gasteiger partial charge in [0.05, 0.1) is 22.6 Å². The second-order valence-corrected chi connectivity index (χ2v) is 8.51. The van der Waals surface area contributed by atoms with E-state index in [2.05, 4.69) is 5.32 Å². The van der Waals surface area contributed by atoms with Gasteiger partial charge in [0.15, 0.2) is 5.78 Å². The van der Waals surface area contributed by atoms with Gasteiger partial charge in [-0.05, 0) is 42.2 Å². The number of para-hydroxylation sites is 2. The number of allylic oxidation sites excluding steroid dienone is 1. The molecule has 2 aromatic carbocycles. The highest BCUT2D eigenvalue weighted by atomic mass is 19.4. The summed E-state index contributed by atoms with van der Waals surface area (Å²) in [5.74, 6) is -3.09. The molecular formula is C25H18F3N3O5. The fourth-order valence-corrected chi connectivity index (χ4v) is 4.79. The van der Waals surface area contributed by atoms with Crippen LogP contribution in [-0.4, -0.2) is 22.8 Å². The number of nitrogens with zero attached hydrogens (tertiary/aromatic N) is 2. The van der Waals surface area contributed by atoms with Crippen molar-refractivity contribution in [2.45, 2.75) is 31.0 Å². The van der Waals surface area contributed by atoms with Crippen molar-refractivity contribution in [3.63, 3.8) is 0 Å². The third-order valence-corrected chi connectivity index (χ3v) is 6.32. The summed E-state index contributed by atoms with van der Waals surface area (Å²) in [5, 5.41) is 14.3. The molecule has 8 nitrogen and oxygen atoms in total. The second-order valence-electron chi connectivity index (χ2n) is 8.51. The van der Waals surface area contributed by atoms with Crippen molar-refractivity contribution < 1.29 is 32.1 Å². The van der Waals surface area contributed by atoms with E-state index in [0.717, 1.165) is 0 Å². The molecular weight excluding hydrogens is 479 g/mol.